The molecular weight excluding hydrogens is 290 g/mol. The number of aromatic nitrogens is 3. The van der Waals surface area contributed by atoms with Gasteiger partial charge < -0.3 is 14.8 Å². The van der Waals surface area contributed by atoms with Gasteiger partial charge in [0.2, 0.25) is 5.91 Å². The molecule has 3 heterocycles. The van der Waals surface area contributed by atoms with Gasteiger partial charge in [-0.3, -0.25) is 4.79 Å². The summed E-state index contributed by atoms with van der Waals surface area (Å²) in [6.07, 6.45) is 9.84. The summed E-state index contributed by atoms with van der Waals surface area (Å²) in [5, 5.41) is 0.995. The number of nitrogens with one attached hydrogen (secondary N) is 1. The number of fused-ring (bicyclic) bond motifs is 1. The molecule has 6 nitrogen and oxygen atoms in total. The molecule has 1 aliphatic rings. The minimum Gasteiger partial charge on any atom is -0.354 e. The number of carbonyl (C=O) groups is 1. The molecule has 1 aliphatic heterocycles. The molecule has 1 N–H and O–H groups in total. The number of anilines is 1. The Balaban J connectivity index is 1.85. The van der Waals surface area contributed by atoms with Gasteiger partial charge in [-0.1, -0.05) is 12.8 Å². The van der Waals surface area contributed by atoms with Crippen LogP contribution in [0.3, 0.4) is 0 Å². The lowest BCUT2D eigenvalue weighted by molar-refractivity contribution is -0.131. The molecule has 1 saturated heterocycles. The first-order chi connectivity index (χ1) is 11.1. The molecule has 120 valence electrons. The highest BCUT2D eigenvalue weighted by molar-refractivity contribution is 5.87. The number of carbonyl (C=O) groups excluding carboxylic acids is 1. The maximum Gasteiger partial charge on any atom is 0.234 e. The molecule has 0 aliphatic carbocycles. The van der Waals surface area contributed by atoms with E-state index in [1.807, 2.05) is 24.2 Å². The van der Waals surface area contributed by atoms with Crippen molar-refractivity contribution in [1.29, 1.82) is 0 Å². The fourth-order valence-electron chi connectivity index (χ4n) is 3.28. The van der Waals surface area contributed by atoms with Crippen molar-refractivity contribution in [2.75, 3.05) is 25.0 Å². The summed E-state index contributed by atoms with van der Waals surface area (Å²) in [6.45, 7) is 3.67. The van der Waals surface area contributed by atoms with Crippen LogP contribution < -0.4 is 4.90 Å². The van der Waals surface area contributed by atoms with E-state index in [4.69, 9.17) is 6.42 Å². The van der Waals surface area contributed by atoms with Crippen molar-refractivity contribution in [2.45, 2.75) is 25.8 Å². The lowest BCUT2D eigenvalue weighted by Gasteiger charge is -2.42. The van der Waals surface area contributed by atoms with Crippen molar-refractivity contribution in [3.63, 3.8) is 0 Å². The molecule has 6 heteroatoms. The maximum atomic E-state index is 12.1. The van der Waals surface area contributed by atoms with E-state index in [1.165, 1.54) is 0 Å². The lowest BCUT2D eigenvalue weighted by Crippen LogP contribution is -2.52. The number of amides is 1. The Kier molecular flexibility index (Phi) is 4.20. The molecule has 0 bridgehead atoms. The Morgan fingerprint density at radius 1 is 1.57 bits per heavy atom. The summed E-state index contributed by atoms with van der Waals surface area (Å²) in [5.41, 5.74) is 0.825. The van der Waals surface area contributed by atoms with Gasteiger partial charge in [-0.15, -0.1) is 6.42 Å². The summed E-state index contributed by atoms with van der Waals surface area (Å²) >= 11 is 0. The highest BCUT2D eigenvalue weighted by atomic mass is 16.2. The van der Waals surface area contributed by atoms with Crippen LogP contribution in [0.25, 0.3) is 11.0 Å². The van der Waals surface area contributed by atoms with Crippen molar-refractivity contribution < 1.29 is 4.79 Å². The lowest BCUT2D eigenvalue weighted by atomic mass is 9.92. The van der Waals surface area contributed by atoms with Gasteiger partial charge in [0.05, 0.1) is 17.8 Å². The van der Waals surface area contributed by atoms with Crippen molar-refractivity contribution in [3.8, 4) is 12.3 Å². The number of hydrogen-bond acceptors (Lipinski definition) is 4. The fourth-order valence-corrected chi connectivity index (χ4v) is 3.28. The Hall–Kier alpha value is -2.55. The van der Waals surface area contributed by atoms with Crippen LogP contribution in [0, 0.1) is 18.3 Å². The van der Waals surface area contributed by atoms with Gasteiger partial charge in [-0.2, -0.15) is 0 Å². The van der Waals surface area contributed by atoms with Gasteiger partial charge in [0.25, 0.3) is 0 Å². The molecule has 1 amide bonds. The largest absolute Gasteiger partial charge is 0.354 e. The number of terminal acetylenes is 1. The second kappa shape index (κ2) is 6.29. The minimum atomic E-state index is 0.0345. The van der Waals surface area contributed by atoms with Crippen LogP contribution in [0.5, 0.6) is 0 Å². The van der Waals surface area contributed by atoms with Crippen LogP contribution in [0.15, 0.2) is 18.6 Å². The highest BCUT2D eigenvalue weighted by Crippen LogP contribution is 2.28. The summed E-state index contributed by atoms with van der Waals surface area (Å²) in [4.78, 5) is 27.9. The number of H-pyrrole nitrogens is 1. The summed E-state index contributed by atoms with van der Waals surface area (Å²) < 4.78 is 0. The average Bonchev–Trinajstić information content (AvgIpc) is 3.03. The number of rotatable bonds is 3. The van der Waals surface area contributed by atoms with Crippen molar-refractivity contribution >= 4 is 22.8 Å². The van der Waals surface area contributed by atoms with E-state index in [2.05, 4.69) is 32.7 Å². The minimum absolute atomic E-state index is 0.0345. The van der Waals surface area contributed by atoms with Crippen molar-refractivity contribution in [2.24, 2.45) is 5.92 Å². The van der Waals surface area contributed by atoms with E-state index in [-0.39, 0.29) is 18.4 Å². The Morgan fingerprint density at radius 3 is 3.17 bits per heavy atom. The molecule has 2 aromatic heterocycles. The van der Waals surface area contributed by atoms with Crippen LogP contribution in [-0.2, 0) is 4.79 Å². The molecule has 3 rings (SSSR count). The molecule has 0 aromatic carbocycles. The highest BCUT2D eigenvalue weighted by Gasteiger charge is 2.32. The van der Waals surface area contributed by atoms with Crippen LogP contribution in [0.2, 0.25) is 0 Å². The van der Waals surface area contributed by atoms with Crippen molar-refractivity contribution in [3.05, 3.63) is 18.6 Å². The number of aromatic amines is 1. The van der Waals surface area contributed by atoms with E-state index >= 15 is 0 Å². The molecular formula is C17H21N5O. The fraction of sp³-hybridized carbons (Fsp3) is 0.471. The zero-order valence-corrected chi connectivity index (χ0v) is 13.5. The zero-order chi connectivity index (χ0) is 16.4. The predicted octanol–water partition coefficient (Wildman–Crippen LogP) is 1.65. The van der Waals surface area contributed by atoms with E-state index in [9.17, 15) is 4.79 Å². The zero-order valence-electron chi connectivity index (χ0n) is 13.5. The van der Waals surface area contributed by atoms with Crippen LogP contribution >= 0.6 is 0 Å². The van der Waals surface area contributed by atoms with Gasteiger partial charge in [0.1, 0.15) is 17.8 Å². The molecule has 0 saturated carbocycles. The summed E-state index contributed by atoms with van der Waals surface area (Å²) in [6, 6.07) is 2.19. The van der Waals surface area contributed by atoms with Crippen LogP contribution in [0.4, 0.5) is 5.82 Å². The second-order valence-electron chi connectivity index (χ2n) is 6.10. The van der Waals surface area contributed by atoms with Crippen LogP contribution in [-0.4, -0.2) is 51.9 Å². The third-order valence-corrected chi connectivity index (χ3v) is 4.69. The van der Waals surface area contributed by atoms with E-state index in [0.717, 1.165) is 29.8 Å². The quantitative estimate of drug-likeness (QED) is 0.876. The Morgan fingerprint density at radius 2 is 2.39 bits per heavy atom. The Bertz CT molecular complexity index is 747. The average molecular weight is 311 g/mol. The predicted molar refractivity (Wildman–Crippen MR) is 89.9 cm³/mol. The Labute approximate surface area is 135 Å². The van der Waals surface area contributed by atoms with E-state index < -0.39 is 0 Å². The third kappa shape index (κ3) is 2.87. The molecule has 23 heavy (non-hydrogen) atoms. The van der Waals surface area contributed by atoms with Gasteiger partial charge in [0.15, 0.2) is 0 Å². The first-order valence-electron chi connectivity index (χ1n) is 7.84. The van der Waals surface area contributed by atoms with E-state index in [0.29, 0.717) is 12.5 Å². The summed E-state index contributed by atoms with van der Waals surface area (Å²) in [5.74, 6) is 3.84. The van der Waals surface area contributed by atoms with Gasteiger partial charge in [0, 0.05) is 26.3 Å². The first-order valence-corrected chi connectivity index (χ1v) is 7.84. The molecule has 0 radical (unpaired) electrons. The monoisotopic (exact) mass is 311 g/mol. The number of nitrogens with zero attached hydrogens (tertiary/aromatic N) is 4. The number of hydrogen-bond donors (Lipinski definition) is 1. The standard InChI is InChI=1S/C17H21N5O/c1-4-5-15(23)22-9-7-12(2)14(10-22)21(3)17-13-6-8-18-16(13)19-11-20-17/h1,6,8,11-12,14H,5,7,9-10H2,2-3H3,(H,18,19,20). The molecule has 2 atom stereocenters. The molecule has 2 unspecified atom stereocenters. The molecule has 2 aromatic rings. The topological polar surface area (TPSA) is 65.1 Å². The SMILES string of the molecule is C#CCC(=O)N1CCC(C)C(N(C)c2ncnc3[nH]ccc23)C1. The van der Waals surface area contributed by atoms with Crippen molar-refractivity contribution in [1.82, 2.24) is 19.9 Å². The smallest absolute Gasteiger partial charge is 0.234 e. The van der Waals surface area contributed by atoms with Gasteiger partial charge in [-0.25, -0.2) is 9.97 Å². The third-order valence-electron chi connectivity index (χ3n) is 4.69. The molecule has 1 fully saturated rings. The maximum absolute atomic E-state index is 12.1. The number of likely N-dealkylation sites (N-methyl/N-ethyl adjacent to an activating group) is 1. The molecule has 0 spiro atoms. The van der Waals surface area contributed by atoms with Gasteiger partial charge >= 0.3 is 0 Å². The number of piperidine rings is 1. The van der Waals surface area contributed by atoms with Gasteiger partial charge in [-0.05, 0) is 18.4 Å². The first kappa shape index (κ1) is 15.3. The van der Waals surface area contributed by atoms with Crippen LogP contribution in [0.1, 0.15) is 19.8 Å². The second-order valence-corrected chi connectivity index (χ2v) is 6.10. The normalized spacial score (nSPS) is 21.2. The van der Waals surface area contributed by atoms with E-state index in [1.54, 1.807) is 6.33 Å². The number of likely N-dealkylation sites (tertiary alicyclic amines) is 1. The summed E-state index contributed by atoms with van der Waals surface area (Å²) in [7, 11) is 2.03.